The molecule has 0 saturated heterocycles. The van der Waals surface area contributed by atoms with Gasteiger partial charge in [-0.05, 0) is 104 Å². The highest BCUT2D eigenvalue weighted by Crippen LogP contribution is 2.29. The lowest BCUT2D eigenvalue weighted by Gasteiger charge is -2.26. The number of ether oxygens (including phenoxy) is 2. The molecule has 0 saturated carbocycles. The molecule has 0 aliphatic rings. The van der Waals surface area contributed by atoms with Crippen LogP contribution >= 0.6 is 0 Å². The highest BCUT2D eigenvalue weighted by molar-refractivity contribution is 5.81. The first-order valence-corrected chi connectivity index (χ1v) is 15.1. The third-order valence-corrected chi connectivity index (χ3v) is 7.31. The number of hydrogen-bond acceptors (Lipinski definition) is 5. The van der Waals surface area contributed by atoms with Crippen LogP contribution in [-0.2, 0) is 44.9 Å². The molecule has 0 amide bonds. The molecular formula is C37H45NO4. The van der Waals surface area contributed by atoms with Crippen LogP contribution in [0, 0.1) is 0 Å². The first-order valence-electron chi connectivity index (χ1n) is 15.1. The van der Waals surface area contributed by atoms with Gasteiger partial charge in [-0.25, -0.2) is 9.59 Å². The SMILES string of the molecule is C=CC(=O)OCCCCCc1ccc(N(Cc2ccc(CC)cc2)c2ccc(CCCCCOC(=O)C=C)cc2)cc1. The molecule has 0 aromatic heterocycles. The van der Waals surface area contributed by atoms with Gasteiger partial charge in [-0.3, -0.25) is 0 Å². The maximum atomic E-state index is 11.2. The van der Waals surface area contributed by atoms with Crippen molar-refractivity contribution < 1.29 is 19.1 Å². The minimum Gasteiger partial charge on any atom is -0.463 e. The van der Waals surface area contributed by atoms with Gasteiger partial charge >= 0.3 is 11.9 Å². The molecule has 0 unspecified atom stereocenters. The zero-order valence-corrected chi connectivity index (χ0v) is 25.1. The van der Waals surface area contributed by atoms with Crippen LogP contribution in [0.15, 0.2) is 98.1 Å². The highest BCUT2D eigenvalue weighted by atomic mass is 16.5. The molecule has 3 aromatic rings. The van der Waals surface area contributed by atoms with E-state index in [2.05, 4.69) is 97.8 Å². The number of esters is 2. The topological polar surface area (TPSA) is 55.8 Å². The van der Waals surface area contributed by atoms with E-state index in [0.29, 0.717) is 13.2 Å². The second kappa shape index (κ2) is 18.3. The van der Waals surface area contributed by atoms with E-state index in [1.165, 1.54) is 34.4 Å². The molecule has 42 heavy (non-hydrogen) atoms. The Labute approximate surface area is 251 Å². The van der Waals surface area contributed by atoms with E-state index in [-0.39, 0.29) is 11.9 Å². The molecule has 0 aliphatic carbocycles. The second-order valence-corrected chi connectivity index (χ2v) is 10.5. The van der Waals surface area contributed by atoms with Crippen LogP contribution in [-0.4, -0.2) is 25.2 Å². The van der Waals surface area contributed by atoms with Crippen molar-refractivity contribution in [3.05, 3.63) is 120 Å². The zero-order chi connectivity index (χ0) is 30.0. The fourth-order valence-corrected chi connectivity index (χ4v) is 4.76. The van der Waals surface area contributed by atoms with Gasteiger partial charge in [-0.15, -0.1) is 0 Å². The minimum absolute atomic E-state index is 0.355. The number of carbonyl (C=O) groups is 2. The van der Waals surface area contributed by atoms with Crippen molar-refractivity contribution in [1.29, 1.82) is 0 Å². The maximum Gasteiger partial charge on any atom is 0.330 e. The third kappa shape index (κ3) is 11.4. The smallest absolute Gasteiger partial charge is 0.330 e. The summed E-state index contributed by atoms with van der Waals surface area (Å²) in [7, 11) is 0. The van der Waals surface area contributed by atoms with Crippen molar-refractivity contribution in [1.82, 2.24) is 0 Å². The molecule has 5 nitrogen and oxygen atoms in total. The van der Waals surface area contributed by atoms with Crippen molar-refractivity contribution in [3.63, 3.8) is 0 Å². The number of aryl methyl sites for hydroxylation is 3. The molecule has 3 aromatic carbocycles. The molecule has 0 radical (unpaired) electrons. The van der Waals surface area contributed by atoms with E-state index >= 15 is 0 Å². The lowest BCUT2D eigenvalue weighted by atomic mass is 10.0. The Morgan fingerprint density at radius 2 is 1.00 bits per heavy atom. The highest BCUT2D eigenvalue weighted by Gasteiger charge is 2.11. The van der Waals surface area contributed by atoms with Gasteiger partial charge in [0.15, 0.2) is 0 Å². The summed E-state index contributed by atoms with van der Waals surface area (Å²) in [5, 5.41) is 0. The molecule has 0 heterocycles. The lowest BCUT2D eigenvalue weighted by Crippen LogP contribution is -2.16. The number of nitrogens with zero attached hydrogens (tertiary/aromatic N) is 1. The van der Waals surface area contributed by atoms with Crippen LogP contribution < -0.4 is 4.90 Å². The average Bonchev–Trinajstić information content (AvgIpc) is 3.03. The Morgan fingerprint density at radius 1 is 0.595 bits per heavy atom. The normalized spacial score (nSPS) is 10.6. The van der Waals surface area contributed by atoms with E-state index in [4.69, 9.17) is 9.47 Å². The molecule has 5 heteroatoms. The van der Waals surface area contributed by atoms with Crippen LogP contribution in [0.3, 0.4) is 0 Å². The van der Waals surface area contributed by atoms with Crippen LogP contribution in [0.1, 0.15) is 67.7 Å². The summed E-state index contributed by atoms with van der Waals surface area (Å²) in [6, 6.07) is 26.7. The Morgan fingerprint density at radius 3 is 1.40 bits per heavy atom. The maximum absolute atomic E-state index is 11.2. The number of anilines is 2. The van der Waals surface area contributed by atoms with Gasteiger partial charge in [0.1, 0.15) is 0 Å². The summed E-state index contributed by atoms with van der Waals surface area (Å²) >= 11 is 0. The number of carbonyl (C=O) groups excluding carboxylic acids is 2. The number of unbranched alkanes of at least 4 members (excludes halogenated alkanes) is 4. The van der Waals surface area contributed by atoms with E-state index < -0.39 is 0 Å². The van der Waals surface area contributed by atoms with Gasteiger partial charge in [0.05, 0.1) is 13.2 Å². The molecule has 222 valence electrons. The van der Waals surface area contributed by atoms with Crippen molar-refractivity contribution in [3.8, 4) is 0 Å². The predicted molar refractivity (Wildman–Crippen MR) is 172 cm³/mol. The van der Waals surface area contributed by atoms with E-state index in [0.717, 1.165) is 75.7 Å². The summed E-state index contributed by atoms with van der Waals surface area (Å²) in [5.74, 6) is -0.710. The fraction of sp³-hybridized carbons (Fsp3) is 0.351. The zero-order valence-electron chi connectivity index (χ0n) is 25.1. The van der Waals surface area contributed by atoms with E-state index in [1.807, 2.05) is 0 Å². The van der Waals surface area contributed by atoms with Crippen molar-refractivity contribution in [2.24, 2.45) is 0 Å². The number of benzene rings is 3. The summed E-state index contributed by atoms with van der Waals surface area (Å²) in [4.78, 5) is 24.7. The molecule has 0 spiro atoms. The Kier molecular flexibility index (Phi) is 14.1. The summed E-state index contributed by atoms with van der Waals surface area (Å²) in [6.45, 7) is 10.7. The lowest BCUT2D eigenvalue weighted by molar-refractivity contribution is -0.138. The first kappa shape index (κ1) is 32.4. The van der Waals surface area contributed by atoms with E-state index in [1.54, 1.807) is 0 Å². The van der Waals surface area contributed by atoms with Crippen LogP contribution in [0.5, 0.6) is 0 Å². The van der Waals surface area contributed by atoms with Crippen LogP contribution in [0.4, 0.5) is 11.4 Å². The molecule has 3 rings (SSSR count). The Hall–Kier alpha value is -4.12. The van der Waals surface area contributed by atoms with Crippen molar-refractivity contribution >= 4 is 23.3 Å². The second-order valence-electron chi connectivity index (χ2n) is 10.5. The third-order valence-electron chi connectivity index (χ3n) is 7.31. The Bertz CT molecular complexity index is 1170. The Balaban J connectivity index is 1.60. The van der Waals surface area contributed by atoms with Gasteiger partial charge in [-0.1, -0.05) is 68.6 Å². The van der Waals surface area contributed by atoms with Crippen LogP contribution in [0.2, 0.25) is 0 Å². The standard InChI is InChI=1S/C37H45NO4/c1-4-30-15-17-33(18-16-30)29-38(34-23-19-31(20-24-34)13-9-7-11-27-41-36(39)5-2)35-25-21-32(22-26-35)14-10-8-12-28-42-37(40)6-3/h5-6,15-26H,2-4,7-14,27-29H2,1H3. The molecule has 0 N–H and O–H groups in total. The number of rotatable bonds is 19. The van der Waals surface area contributed by atoms with Crippen molar-refractivity contribution in [2.45, 2.75) is 71.3 Å². The molecule has 0 atom stereocenters. The quantitative estimate of drug-likeness (QED) is 0.0826. The summed E-state index contributed by atoms with van der Waals surface area (Å²) in [6.07, 6.45) is 11.3. The molecular weight excluding hydrogens is 522 g/mol. The minimum atomic E-state index is -0.355. The molecule has 0 bridgehead atoms. The van der Waals surface area contributed by atoms with Crippen molar-refractivity contribution in [2.75, 3.05) is 18.1 Å². The predicted octanol–water partition coefficient (Wildman–Crippen LogP) is 8.47. The largest absolute Gasteiger partial charge is 0.463 e. The summed E-state index contributed by atoms with van der Waals surface area (Å²) < 4.78 is 10.1. The molecule has 0 fully saturated rings. The first-order chi connectivity index (χ1) is 20.5. The summed E-state index contributed by atoms with van der Waals surface area (Å²) in [5.41, 5.74) is 7.56. The monoisotopic (exact) mass is 567 g/mol. The average molecular weight is 568 g/mol. The van der Waals surface area contributed by atoms with Gasteiger partial charge in [0.2, 0.25) is 0 Å². The van der Waals surface area contributed by atoms with Gasteiger partial charge in [0.25, 0.3) is 0 Å². The van der Waals surface area contributed by atoms with Gasteiger partial charge in [-0.2, -0.15) is 0 Å². The van der Waals surface area contributed by atoms with Crippen LogP contribution in [0.25, 0.3) is 0 Å². The van der Waals surface area contributed by atoms with Gasteiger partial charge in [0, 0.05) is 30.1 Å². The van der Waals surface area contributed by atoms with Gasteiger partial charge < -0.3 is 14.4 Å². The number of hydrogen-bond donors (Lipinski definition) is 0. The van der Waals surface area contributed by atoms with E-state index in [9.17, 15) is 9.59 Å². The molecule has 0 aliphatic heterocycles. The fourth-order valence-electron chi connectivity index (χ4n) is 4.76.